The summed E-state index contributed by atoms with van der Waals surface area (Å²) in [5, 5.41) is 4.72. The third-order valence-electron chi connectivity index (χ3n) is 10.8. The maximum absolute atomic E-state index is 5.14. The smallest absolute Gasteiger partial charge is 0.164 e. The minimum atomic E-state index is 0.629. The van der Waals surface area contributed by atoms with Gasteiger partial charge in [0, 0.05) is 37.3 Å². The quantitative estimate of drug-likeness (QED) is 0.163. The van der Waals surface area contributed by atoms with Crippen LogP contribution in [0.15, 0.2) is 206 Å². The molecule has 0 saturated heterocycles. The molecule has 0 radical (unpaired) electrons. The molecule has 0 fully saturated rings. The van der Waals surface area contributed by atoms with E-state index in [1.54, 1.807) is 0 Å². The molecule has 8 aromatic carbocycles. The zero-order chi connectivity index (χ0) is 38.4. The molecular formula is C53H34N4S. The molecule has 11 aromatic rings. The number of para-hydroxylation sites is 2. The molecule has 0 N–H and O–H groups in total. The maximum Gasteiger partial charge on any atom is 0.164 e. The minimum Gasteiger partial charge on any atom is -0.309 e. The van der Waals surface area contributed by atoms with E-state index < -0.39 is 0 Å². The number of rotatable bonds is 7. The van der Waals surface area contributed by atoms with Gasteiger partial charge < -0.3 is 4.57 Å². The molecule has 4 nitrogen and oxygen atoms in total. The van der Waals surface area contributed by atoms with Crippen LogP contribution in [0, 0.1) is 0 Å². The highest BCUT2D eigenvalue weighted by molar-refractivity contribution is 7.22. The second-order valence-corrected chi connectivity index (χ2v) is 15.6. The third-order valence-corrected chi connectivity index (χ3v) is 12.0. The average molecular weight is 759 g/mol. The van der Waals surface area contributed by atoms with Crippen molar-refractivity contribution in [1.82, 2.24) is 19.5 Å². The van der Waals surface area contributed by atoms with Gasteiger partial charge in [-0.25, -0.2) is 15.0 Å². The van der Waals surface area contributed by atoms with Crippen molar-refractivity contribution in [1.29, 1.82) is 0 Å². The number of thiophene rings is 1. The standard InChI is InChI=1S/C53H34N4S/c1-4-16-35(17-5-1)51-54-52(36-18-6-2-7-19-36)56-53(55-51)43-28-37-20-10-13-25-45(37)46(32-43)40-29-41(31-42(30-40)50-34-39-22-12-15-27-49(39)58-50)48-33-38-21-11-14-26-47(38)57(48)44-23-8-3-9-24-44/h1-34H. The monoisotopic (exact) mass is 758 g/mol. The summed E-state index contributed by atoms with van der Waals surface area (Å²) in [5.41, 5.74) is 10.8. The van der Waals surface area contributed by atoms with Crippen molar-refractivity contribution in [3.63, 3.8) is 0 Å². The van der Waals surface area contributed by atoms with E-state index in [2.05, 4.69) is 174 Å². The average Bonchev–Trinajstić information content (AvgIpc) is 3.92. The van der Waals surface area contributed by atoms with Gasteiger partial charge in [-0.1, -0.05) is 140 Å². The fraction of sp³-hybridized carbons (Fsp3) is 0. The Morgan fingerprint density at radius 1 is 0.362 bits per heavy atom. The normalized spacial score (nSPS) is 11.4. The molecule has 0 spiro atoms. The van der Waals surface area contributed by atoms with E-state index in [9.17, 15) is 0 Å². The van der Waals surface area contributed by atoms with Crippen LogP contribution in [0.25, 0.3) is 104 Å². The Bertz CT molecular complexity index is 3190. The Kier molecular flexibility index (Phi) is 8.30. The van der Waals surface area contributed by atoms with Crippen molar-refractivity contribution in [3.8, 4) is 72.7 Å². The van der Waals surface area contributed by atoms with Crippen LogP contribution in [-0.2, 0) is 0 Å². The molecule has 0 aliphatic rings. The second kappa shape index (κ2) is 14.2. The Labute approximate surface area is 340 Å². The lowest BCUT2D eigenvalue weighted by Gasteiger charge is -2.16. The first-order valence-electron chi connectivity index (χ1n) is 19.4. The highest BCUT2D eigenvalue weighted by atomic mass is 32.1. The first-order chi connectivity index (χ1) is 28.7. The Morgan fingerprint density at radius 3 is 1.62 bits per heavy atom. The second-order valence-electron chi connectivity index (χ2n) is 14.5. The molecule has 0 amide bonds. The van der Waals surface area contributed by atoms with Crippen LogP contribution in [0.3, 0.4) is 0 Å². The van der Waals surface area contributed by atoms with Crippen LogP contribution in [-0.4, -0.2) is 19.5 Å². The summed E-state index contributed by atoms with van der Waals surface area (Å²) in [6.07, 6.45) is 0. The molecule has 0 aliphatic heterocycles. The summed E-state index contributed by atoms with van der Waals surface area (Å²) in [6.45, 7) is 0. The van der Waals surface area contributed by atoms with E-state index in [0.717, 1.165) is 55.5 Å². The van der Waals surface area contributed by atoms with Gasteiger partial charge in [0.15, 0.2) is 17.5 Å². The van der Waals surface area contributed by atoms with Crippen molar-refractivity contribution in [2.75, 3.05) is 0 Å². The molecule has 272 valence electrons. The molecule has 3 aromatic heterocycles. The third kappa shape index (κ3) is 6.15. The van der Waals surface area contributed by atoms with E-state index in [1.165, 1.54) is 31.4 Å². The number of hydrogen-bond donors (Lipinski definition) is 0. The number of fused-ring (bicyclic) bond motifs is 3. The lowest BCUT2D eigenvalue weighted by atomic mass is 9.92. The van der Waals surface area contributed by atoms with Crippen molar-refractivity contribution in [2.45, 2.75) is 0 Å². The van der Waals surface area contributed by atoms with E-state index in [1.807, 2.05) is 47.7 Å². The van der Waals surface area contributed by atoms with Crippen LogP contribution >= 0.6 is 11.3 Å². The zero-order valence-corrected chi connectivity index (χ0v) is 32.1. The summed E-state index contributed by atoms with van der Waals surface area (Å²) in [6, 6.07) is 73.1. The summed E-state index contributed by atoms with van der Waals surface area (Å²) < 4.78 is 3.66. The van der Waals surface area contributed by atoms with E-state index in [4.69, 9.17) is 15.0 Å². The Hall–Kier alpha value is -7.47. The molecule has 5 heteroatoms. The first kappa shape index (κ1) is 33.8. The summed E-state index contributed by atoms with van der Waals surface area (Å²) in [7, 11) is 0. The Morgan fingerprint density at radius 2 is 0.914 bits per heavy atom. The van der Waals surface area contributed by atoms with Gasteiger partial charge in [0.25, 0.3) is 0 Å². The summed E-state index contributed by atoms with van der Waals surface area (Å²) >= 11 is 1.83. The lowest BCUT2D eigenvalue weighted by Crippen LogP contribution is -2.00. The first-order valence-corrected chi connectivity index (χ1v) is 20.2. The van der Waals surface area contributed by atoms with Crippen molar-refractivity contribution >= 4 is 43.1 Å². The van der Waals surface area contributed by atoms with Crippen LogP contribution < -0.4 is 0 Å². The zero-order valence-electron chi connectivity index (χ0n) is 31.3. The number of hydrogen-bond acceptors (Lipinski definition) is 4. The van der Waals surface area contributed by atoms with Gasteiger partial charge in [-0.15, -0.1) is 11.3 Å². The molecule has 0 saturated carbocycles. The predicted octanol–water partition coefficient (Wildman–Crippen LogP) is 14.2. The van der Waals surface area contributed by atoms with Crippen molar-refractivity contribution < 1.29 is 0 Å². The number of nitrogens with zero attached hydrogens (tertiary/aromatic N) is 4. The highest BCUT2D eigenvalue weighted by Crippen LogP contribution is 2.42. The molecule has 0 bridgehead atoms. The van der Waals surface area contributed by atoms with Gasteiger partial charge >= 0.3 is 0 Å². The summed E-state index contributed by atoms with van der Waals surface area (Å²) in [4.78, 5) is 16.5. The fourth-order valence-corrected chi connectivity index (χ4v) is 9.09. The molecular weight excluding hydrogens is 725 g/mol. The van der Waals surface area contributed by atoms with Gasteiger partial charge in [-0.2, -0.15) is 0 Å². The topological polar surface area (TPSA) is 43.6 Å². The molecule has 0 unspecified atom stereocenters. The molecule has 11 rings (SSSR count). The number of aromatic nitrogens is 4. The number of benzene rings is 8. The van der Waals surface area contributed by atoms with E-state index in [0.29, 0.717) is 17.5 Å². The van der Waals surface area contributed by atoms with Gasteiger partial charge in [0.2, 0.25) is 0 Å². The molecule has 0 aliphatic carbocycles. The van der Waals surface area contributed by atoms with Crippen LogP contribution in [0.2, 0.25) is 0 Å². The largest absolute Gasteiger partial charge is 0.309 e. The van der Waals surface area contributed by atoms with Crippen molar-refractivity contribution in [2.24, 2.45) is 0 Å². The minimum absolute atomic E-state index is 0.629. The SMILES string of the molecule is c1ccc(-c2nc(-c3ccccc3)nc(-c3cc(-c4cc(-c5cc6ccccc6s5)cc(-c5cc6ccccc6n5-c5ccccc5)c4)c4ccccc4c3)n2)cc1. The van der Waals surface area contributed by atoms with E-state index >= 15 is 0 Å². The van der Waals surface area contributed by atoms with Gasteiger partial charge in [0.05, 0.1) is 11.2 Å². The Balaban J connectivity index is 1.17. The highest BCUT2D eigenvalue weighted by Gasteiger charge is 2.19. The molecule has 58 heavy (non-hydrogen) atoms. The van der Waals surface area contributed by atoms with Gasteiger partial charge in [0.1, 0.15) is 0 Å². The van der Waals surface area contributed by atoms with Gasteiger partial charge in [-0.3, -0.25) is 0 Å². The maximum atomic E-state index is 5.14. The lowest BCUT2D eigenvalue weighted by molar-refractivity contribution is 1.07. The molecule has 0 atom stereocenters. The van der Waals surface area contributed by atoms with Crippen LogP contribution in [0.4, 0.5) is 0 Å². The fourth-order valence-electron chi connectivity index (χ4n) is 8.04. The molecule has 3 heterocycles. The predicted molar refractivity (Wildman–Crippen MR) is 242 cm³/mol. The van der Waals surface area contributed by atoms with Crippen LogP contribution in [0.5, 0.6) is 0 Å². The van der Waals surface area contributed by atoms with Gasteiger partial charge in [-0.05, 0) is 105 Å². The van der Waals surface area contributed by atoms with E-state index in [-0.39, 0.29) is 0 Å². The van der Waals surface area contributed by atoms with Crippen LogP contribution in [0.1, 0.15) is 0 Å². The summed E-state index contributed by atoms with van der Waals surface area (Å²) in [5.74, 6) is 1.91. The van der Waals surface area contributed by atoms with Crippen molar-refractivity contribution in [3.05, 3.63) is 206 Å².